The second kappa shape index (κ2) is 12.8. The van der Waals surface area contributed by atoms with E-state index in [0.29, 0.717) is 53.1 Å². The van der Waals surface area contributed by atoms with Crippen molar-refractivity contribution < 1.29 is 24.3 Å². The van der Waals surface area contributed by atoms with Crippen LogP contribution in [-0.2, 0) is 22.6 Å². The number of aliphatic imine (C=N–C) groups is 1. The van der Waals surface area contributed by atoms with Gasteiger partial charge in [0.2, 0.25) is 5.91 Å². The van der Waals surface area contributed by atoms with Crippen LogP contribution in [-0.4, -0.2) is 44.7 Å². The monoisotopic (exact) mass is 597 g/mol. The quantitative estimate of drug-likeness (QED) is 0.145. The predicted octanol–water partition coefficient (Wildman–Crippen LogP) is 5.89. The fraction of sp³-hybridized carbons (Fsp3) is 0.188. The molecule has 1 atom stereocenters. The molecule has 43 heavy (non-hydrogen) atoms. The molecule has 0 bridgehead atoms. The van der Waals surface area contributed by atoms with E-state index in [2.05, 4.69) is 20.7 Å². The van der Waals surface area contributed by atoms with Gasteiger partial charge >= 0.3 is 5.97 Å². The number of ketones is 1. The Morgan fingerprint density at radius 3 is 2.58 bits per heavy atom. The Balaban J connectivity index is 1.26. The van der Waals surface area contributed by atoms with E-state index in [-0.39, 0.29) is 28.8 Å². The molecule has 3 N–H and O–H groups in total. The molecule has 2 amide bonds. The minimum absolute atomic E-state index is 0.0951. The van der Waals surface area contributed by atoms with E-state index in [0.717, 1.165) is 5.56 Å². The Labute approximate surface area is 252 Å². The smallest absolute Gasteiger partial charge is 0.303 e. The van der Waals surface area contributed by atoms with Gasteiger partial charge in [-0.05, 0) is 61.2 Å². The molecule has 1 unspecified atom stereocenters. The molecule has 3 aromatic carbocycles. The molecule has 5 rings (SSSR count). The number of aryl methyl sites for hydroxylation is 2. The molecule has 0 aliphatic carbocycles. The Bertz CT molecular complexity index is 1750. The van der Waals surface area contributed by atoms with Crippen molar-refractivity contribution in [2.45, 2.75) is 38.6 Å². The van der Waals surface area contributed by atoms with Crippen LogP contribution in [0, 0.1) is 0 Å². The van der Waals surface area contributed by atoms with Crippen molar-refractivity contribution in [3.05, 3.63) is 106 Å². The van der Waals surface area contributed by atoms with E-state index in [1.165, 1.54) is 0 Å². The third kappa shape index (κ3) is 6.87. The summed E-state index contributed by atoms with van der Waals surface area (Å²) in [4.78, 5) is 53.9. The van der Waals surface area contributed by atoms with Crippen LogP contribution in [0.5, 0.6) is 0 Å². The van der Waals surface area contributed by atoms with E-state index in [4.69, 9.17) is 16.7 Å². The summed E-state index contributed by atoms with van der Waals surface area (Å²) in [5.41, 5.74) is 4.17. The van der Waals surface area contributed by atoms with Gasteiger partial charge in [-0.15, -0.1) is 0 Å². The molecule has 0 fully saturated rings. The molecule has 218 valence electrons. The van der Waals surface area contributed by atoms with Gasteiger partial charge in [-0.3, -0.25) is 28.9 Å². The van der Waals surface area contributed by atoms with Gasteiger partial charge in [0.15, 0.2) is 11.5 Å². The fourth-order valence-corrected chi connectivity index (χ4v) is 4.97. The summed E-state index contributed by atoms with van der Waals surface area (Å²) in [5.74, 6) is -2.44. The van der Waals surface area contributed by atoms with Crippen LogP contribution in [0.2, 0.25) is 5.02 Å². The summed E-state index contributed by atoms with van der Waals surface area (Å²) in [6.45, 7) is 2.45. The minimum Gasteiger partial charge on any atom is -0.481 e. The maximum Gasteiger partial charge on any atom is 0.303 e. The molecule has 0 spiro atoms. The lowest BCUT2D eigenvalue weighted by Gasteiger charge is -2.08. The molecule has 4 aromatic rings. The van der Waals surface area contributed by atoms with Crippen molar-refractivity contribution in [1.82, 2.24) is 9.78 Å². The van der Waals surface area contributed by atoms with Crippen molar-refractivity contribution in [3.8, 4) is 0 Å². The zero-order chi connectivity index (χ0) is 30.5. The summed E-state index contributed by atoms with van der Waals surface area (Å²) < 4.78 is 1.56. The number of nitrogens with zero attached hydrogens (tertiary/aromatic N) is 3. The number of fused-ring (bicyclic) bond motifs is 1. The van der Waals surface area contributed by atoms with Gasteiger partial charge in [0.1, 0.15) is 5.92 Å². The number of hydrogen-bond acceptors (Lipinski definition) is 6. The van der Waals surface area contributed by atoms with Crippen LogP contribution in [0.25, 0.3) is 0 Å². The first-order valence-corrected chi connectivity index (χ1v) is 14.1. The fourth-order valence-electron chi connectivity index (χ4n) is 4.74. The maximum atomic E-state index is 13.3. The average Bonchev–Trinajstić information content (AvgIpc) is 3.54. The number of aliphatic carboxylic acids is 1. The number of nitrogens with one attached hydrogen (secondary N) is 2. The van der Waals surface area contributed by atoms with E-state index in [9.17, 15) is 19.2 Å². The van der Waals surface area contributed by atoms with Crippen LogP contribution in [0.3, 0.4) is 0 Å². The summed E-state index contributed by atoms with van der Waals surface area (Å²) >= 11 is 6.14. The van der Waals surface area contributed by atoms with Crippen LogP contribution in [0.15, 0.2) is 77.9 Å². The highest BCUT2D eigenvalue weighted by molar-refractivity contribution is 6.34. The summed E-state index contributed by atoms with van der Waals surface area (Å²) in [5, 5.41) is 18.8. The lowest BCUT2D eigenvalue weighted by molar-refractivity contribution is -0.137. The van der Waals surface area contributed by atoms with E-state index in [1.807, 2.05) is 31.2 Å². The standard InChI is InChI=1S/C32H28ClN5O5/c1-2-38-18-26(33)29(37-38)32(43)35-23-7-4-6-20(15-23)30(41)21-11-14-24-25(31(42)36-27(24)16-21)17-34-22-12-9-19(10-13-22)5-3-8-28(39)40/h4,6-7,9-18,25H,2-3,5,8H2,1H3,(H,35,43)(H,36,42)(H,39,40). The normalized spacial score (nSPS) is 14.0. The van der Waals surface area contributed by atoms with Crippen molar-refractivity contribution in [2.24, 2.45) is 4.99 Å². The highest BCUT2D eigenvalue weighted by atomic mass is 35.5. The van der Waals surface area contributed by atoms with E-state index in [1.54, 1.807) is 59.6 Å². The van der Waals surface area contributed by atoms with Crippen LogP contribution >= 0.6 is 11.6 Å². The van der Waals surface area contributed by atoms with Gasteiger partial charge in [-0.1, -0.05) is 48.0 Å². The molecule has 0 saturated carbocycles. The number of anilines is 2. The SMILES string of the molecule is CCn1cc(Cl)c(C(=O)Nc2cccc(C(=O)c3ccc4c(c3)NC(=O)C4C=Nc3ccc(CCCC(=O)O)cc3)c2)n1. The van der Waals surface area contributed by atoms with Gasteiger partial charge in [0.05, 0.1) is 10.7 Å². The van der Waals surface area contributed by atoms with Crippen molar-refractivity contribution >= 4 is 58.4 Å². The van der Waals surface area contributed by atoms with Gasteiger partial charge in [0.25, 0.3) is 5.91 Å². The second-order valence-corrected chi connectivity index (χ2v) is 10.4. The summed E-state index contributed by atoms with van der Waals surface area (Å²) in [6, 6.07) is 19.0. The molecular weight excluding hydrogens is 570 g/mol. The predicted molar refractivity (Wildman–Crippen MR) is 164 cm³/mol. The number of amides is 2. The number of carboxylic acids is 1. The van der Waals surface area contributed by atoms with Crippen LogP contribution in [0.4, 0.5) is 17.1 Å². The maximum absolute atomic E-state index is 13.3. The molecular formula is C32H28ClN5O5. The molecule has 11 heteroatoms. The Hall–Kier alpha value is -5.09. The molecule has 0 radical (unpaired) electrons. The second-order valence-electron chi connectivity index (χ2n) is 10.0. The van der Waals surface area contributed by atoms with Gasteiger partial charge in [-0.25, -0.2) is 0 Å². The van der Waals surface area contributed by atoms with Gasteiger partial charge in [-0.2, -0.15) is 5.10 Å². The minimum atomic E-state index is -0.814. The zero-order valence-electron chi connectivity index (χ0n) is 23.2. The number of carbonyl (C=O) groups is 4. The molecule has 1 aliphatic rings. The van der Waals surface area contributed by atoms with Crippen molar-refractivity contribution in [3.63, 3.8) is 0 Å². The number of halogens is 1. The van der Waals surface area contributed by atoms with E-state index >= 15 is 0 Å². The number of hydrogen-bond donors (Lipinski definition) is 3. The van der Waals surface area contributed by atoms with Crippen LogP contribution < -0.4 is 10.6 Å². The van der Waals surface area contributed by atoms with Crippen LogP contribution in [0.1, 0.15) is 63.2 Å². The first-order chi connectivity index (χ1) is 20.7. The lowest BCUT2D eigenvalue weighted by Crippen LogP contribution is -2.14. The third-order valence-corrected chi connectivity index (χ3v) is 7.27. The first kappa shape index (κ1) is 29.4. The number of carbonyl (C=O) groups excluding carboxylic acids is 3. The number of aromatic nitrogens is 2. The first-order valence-electron chi connectivity index (χ1n) is 13.7. The molecule has 0 saturated heterocycles. The molecule has 1 aromatic heterocycles. The average molecular weight is 598 g/mol. The molecule has 10 nitrogen and oxygen atoms in total. The number of rotatable bonds is 11. The van der Waals surface area contributed by atoms with Crippen molar-refractivity contribution in [2.75, 3.05) is 10.6 Å². The largest absolute Gasteiger partial charge is 0.481 e. The van der Waals surface area contributed by atoms with Gasteiger partial charge < -0.3 is 15.7 Å². The third-order valence-electron chi connectivity index (χ3n) is 6.99. The zero-order valence-corrected chi connectivity index (χ0v) is 24.0. The van der Waals surface area contributed by atoms with E-state index < -0.39 is 17.8 Å². The van der Waals surface area contributed by atoms with Crippen molar-refractivity contribution in [1.29, 1.82) is 0 Å². The van der Waals surface area contributed by atoms with Gasteiger partial charge in [0, 0.05) is 47.9 Å². The Morgan fingerprint density at radius 2 is 1.86 bits per heavy atom. The lowest BCUT2D eigenvalue weighted by atomic mass is 9.97. The summed E-state index contributed by atoms with van der Waals surface area (Å²) in [6.07, 6.45) is 4.49. The topological polar surface area (TPSA) is 143 Å². The highest BCUT2D eigenvalue weighted by Crippen LogP contribution is 2.33. The Kier molecular flexibility index (Phi) is 8.77. The highest BCUT2D eigenvalue weighted by Gasteiger charge is 2.30. The Morgan fingerprint density at radius 1 is 1.09 bits per heavy atom. The number of benzene rings is 3. The number of carboxylic acid groups (broad SMARTS) is 1. The summed E-state index contributed by atoms with van der Waals surface area (Å²) in [7, 11) is 0. The molecule has 2 heterocycles. The molecule has 1 aliphatic heterocycles.